The van der Waals surface area contributed by atoms with E-state index < -0.39 is 11.6 Å². The van der Waals surface area contributed by atoms with E-state index in [0.29, 0.717) is 17.6 Å². The molecular formula is C26H30O6. The molecule has 0 bridgehead atoms. The van der Waals surface area contributed by atoms with Gasteiger partial charge in [-0.2, -0.15) is 0 Å². The number of rotatable bonds is 12. The summed E-state index contributed by atoms with van der Waals surface area (Å²) < 4.78 is 16.6. The van der Waals surface area contributed by atoms with Crippen molar-refractivity contribution in [3.63, 3.8) is 0 Å². The largest absolute Gasteiger partial charge is 0.508 e. The molecule has 0 radical (unpaired) electrons. The van der Waals surface area contributed by atoms with Gasteiger partial charge in [-0.05, 0) is 30.7 Å². The van der Waals surface area contributed by atoms with Gasteiger partial charge < -0.3 is 19.0 Å². The Bertz CT molecular complexity index is 1070. The second-order valence-corrected chi connectivity index (χ2v) is 7.81. The maximum Gasteiger partial charge on any atom is 0.383 e. The molecule has 0 saturated heterocycles. The van der Waals surface area contributed by atoms with Gasteiger partial charge in [0.25, 0.3) is 0 Å². The lowest BCUT2D eigenvalue weighted by Gasteiger charge is -2.13. The second kappa shape index (κ2) is 11.9. The lowest BCUT2D eigenvalue weighted by molar-refractivity contribution is 0.0729. The van der Waals surface area contributed by atoms with E-state index in [1.54, 1.807) is 30.3 Å². The van der Waals surface area contributed by atoms with Crippen molar-refractivity contribution in [3.8, 4) is 17.2 Å². The molecule has 0 aliphatic rings. The summed E-state index contributed by atoms with van der Waals surface area (Å²) in [6, 6.07) is 12.8. The fourth-order valence-corrected chi connectivity index (χ4v) is 3.51. The first-order valence-electron chi connectivity index (χ1n) is 11.3. The zero-order valence-corrected chi connectivity index (χ0v) is 18.5. The molecule has 2 aromatic carbocycles. The Morgan fingerprint density at radius 1 is 0.906 bits per heavy atom. The molecule has 170 valence electrons. The summed E-state index contributed by atoms with van der Waals surface area (Å²) in [7, 11) is 0. The molecule has 0 aliphatic carbocycles. The minimum Gasteiger partial charge on any atom is -0.508 e. The molecule has 1 heterocycles. The molecule has 0 unspecified atom stereocenters. The first-order chi connectivity index (χ1) is 15.6. The fourth-order valence-electron chi connectivity index (χ4n) is 3.51. The van der Waals surface area contributed by atoms with Crippen LogP contribution in [0.2, 0.25) is 0 Å². The van der Waals surface area contributed by atoms with Gasteiger partial charge in [-0.15, -0.1) is 0 Å². The van der Waals surface area contributed by atoms with Crippen molar-refractivity contribution in [3.05, 3.63) is 64.5 Å². The summed E-state index contributed by atoms with van der Waals surface area (Å²) in [6.07, 6.45) is 9.13. The molecule has 3 aromatic rings. The summed E-state index contributed by atoms with van der Waals surface area (Å²) in [5.74, 6) is -0.795. The molecule has 0 aliphatic heterocycles. The SMILES string of the molecule is CCCCCCCCCCOc1c(OC(=O)c2ccccc2)c2ccc(O)cc2oc1=O. The zero-order valence-electron chi connectivity index (χ0n) is 18.5. The number of carbonyl (C=O) groups excluding carboxylic acids is 1. The highest BCUT2D eigenvalue weighted by Crippen LogP contribution is 2.35. The molecule has 32 heavy (non-hydrogen) atoms. The van der Waals surface area contributed by atoms with Crippen molar-refractivity contribution >= 4 is 16.9 Å². The highest BCUT2D eigenvalue weighted by molar-refractivity contribution is 5.95. The van der Waals surface area contributed by atoms with Gasteiger partial charge in [-0.25, -0.2) is 9.59 Å². The van der Waals surface area contributed by atoms with Crippen molar-refractivity contribution in [1.82, 2.24) is 0 Å². The molecule has 1 aromatic heterocycles. The van der Waals surface area contributed by atoms with Gasteiger partial charge >= 0.3 is 11.6 Å². The quantitative estimate of drug-likeness (QED) is 0.205. The van der Waals surface area contributed by atoms with Crippen LogP contribution in [0, 0.1) is 0 Å². The van der Waals surface area contributed by atoms with Gasteiger partial charge in [0.2, 0.25) is 5.75 Å². The summed E-state index contributed by atoms with van der Waals surface area (Å²) in [5, 5.41) is 10.1. The Hall–Kier alpha value is -3.28. The van der Waals surface area contributed by atoms with Crippen LogP contribution < -0.4 is 15.1 Å². The smallest absolute Gasteiger partial charge is 0.383 e. The third-order valence-corrected chi connectivity index (χ3v) is 5.25. The van der Waals surface area contributed by atoms with Crippen molar-refractivity contribution in [2.45, 2.75) is 58.3 Å². The third-order valence-electron chi connectivity index (χ3n) is 5.25. The number of phenols is 1. The third kappa shape index (κ3) is 6.36. The van der Waals surface area contributed by atoms with Crippen LogP contribution in [0.1, 0.15) is 68.6 Å². The number of phenolic OH excluding ortho intramolecular Hbond substituents is 1. The number of hydrogen-bond donors (Lipinski definition) is 1. The summed E-state index contributed by atoms with van der Waals surface area (Å²) in [5.41, 5.74) is -0.287. The van der Waals surface area contributed by atoms with Crippen LogP contribution in [0.3, 0.4) is 0 Å². The number of aromatic hydroxyl groups is 1. The van der Waals surface area contributed by atoms with E-state index in [0.717, 1.165) is 19.3 Å². The molecule has 0 amide bonds. The van der Waals surface area contributed by atoms with Crippen molar-refractivity contribution in [1.29, 1.82) is 0 Å². The molecular weight excluding hydrogens is 408 g/mol. The van der Waals surface area contributed by atoms with Crippen LogP contribution in [0.15, 0.2) is 57.7 Å². The minimum absolute atomic E-state index is 0.00432. The Balaban J connectivity index is 1.72. The summed E-state index contributed by atoms with van der Waals surface area (Å²) in [4.78, 5) is 25.2. The normalized spacial score (nSPS) is 10.9. The zero-order chi connectivity index (χ0) is 22.8. The van der Waals surface area contributed by atoms with E-state index in [-0.39, 0.29) is 22.8 Å². The second-order valence-electron chi connectivity index (χ2n) is 7.81. The van der Waals surface area contributed by atoms with E-state index >= 15 is 0 Å². The number of hydrogen-bond acceptors (Lipinski definition) is 6. The molecule has 0 saturated carbocycles. The Kier molecular flexibility index (Phi) is 8.72. The standard InChI is InChI=1S/C26H30O6/c1-2-3-4-5-6-7-8-12-17-30-24-23(32-25(28)19-13-10-9-11-14-19)21-16-15-20(27)18-22(21)31-26(24)29/h9-11,13-16,18,27H,2-8,12,17H2,1H3. The van der Waals surface area contributed by atoms with Crippen molar-refractivity contribution in [2.75, 3.05) is 6.61 Å². The van der Waals surface area contributed by atoms with Gasteiger partial charge in [-0.3, -0.25) is 0 Å². The first kappa shape index (κ1) is 23.4. The van der Waals surface area contributed by atoms with Crippen molar-refractivity contribution < 1.29 is 23.8 Å². The van der Waals surface area contributed by atoms with Gasteiger partial charge in [0.05, 0.1) is 17.6 Å². The average Bonchev–Trinajstić information content (AvgIpc) is 2.79. The van der Waals surface area contributed by atoms with Crippen LogP contribution in [-0.2, 0) is 0 Å². The molecule has 1 N–H and O–H groups in total. The number of esters is 1. The summed E-state index contributed by atoms with van der Waals surface area (Å²) >= 11 is 0. The van der Waals surface area contributed by atoms with E-state index in [1.165, 1.54) is 50.3 Å². The van der Waals surface area contributed by atoms with Crippen LogP contribution in [0.25, 0.3) is 11.0 Å². The lowest BCUT2D eigenvalue weighted by Crippen LogP contribution is -2.15. The minimum atomic E-state index is -0.751. The first-order valence-corrected chi connectivity index (χ1v) is 11.3. The maximum absolute atomic E-state index is 12.7. The van der Waals surface area contributed by atoms with Crippen LogP contribution in [-0.4, -0.2) is 17.7 Å². The van der Waals surface area contributed by atoms with E-state index in [4.69, 9.17) is 13.9 Å². The Morgan fingerprint density at radius 2 is 1.59 bits per heavy atom. The number of ether oxygens (including phenoxy) is 2. The highest BCUT2D eigenvalue weighted by atomic mass is 16.6. The van der Waals surface area contributed by atoms with Gasteiger partial charge in [0.15, 0.2) is 5.75 Å². The average molecular weight is 439 g/mol. The van der Waals surface area contributed by atoms with E-state index in [1.807, 2.05) is 0 Å². The maximum atomic E-state index is 12.7. The molecule has 0 atom stereocenters. The van der Waals surface area contributed by atoms with E-state index in [2.05, 4.69) is 6.92 Å². The molecule has 6 nitrogen and oxygen atoms in total. The number of fused-ring (bicyclic) bond motifs is 1. The van der Waals surface area contributed by atoms with Crippen molar-refractivity contribution in [2.24, 2.45) is 0 Å². The monoisotopic (exact) mass is 438 g/mol. The number of benzene rings is 2. The predicted molar refractivity (Wildman–Crippen MR) is 124 cm³/mol. The van der Waals surface area contributed by atoms with Gasteiger partial charge in [0, 0.05) is 6.07 Å². The number of unbranched alkanes of at least 4 members (excludes halogenated alkanes) is 7. The predicted octanol–water partition coefficient (Wildman–Crippen LogP) is 6.24. The topological polar surface area (TPSA) is 86.0 Å². The Labute approximate surface area is 187 Å². The lowest BCUT2D eigenvalue weighted by atomic mass is 10.1. The number of carbonyl (C=O) groups is 1. The van der Waals surface area contributed by atoms with Crippen LogP contribution >= 0.6 is 0 Å². The van der Waals surface area contributed by atoms with Gasteiger partial charge in [-0.1, -0.05) is 70.1 Å². The van der Waals surface area contributed by atoms with Gasteiger partial charge in [0.1, 0.15) is 11.3 Å². The van der Waals surface area contributed by atoms with Crippen LogP contribution in [0.5, 0.6) is 17.2 Å². The molecule has 0 spiro atoms. The molecule has 0 fully saturated rings. The van der Waals surface area contributed by atoms with Crippen LogP contribution in [0.4, 0.5) is 0 Å². The molecule has 3 rings (SSSR count). The Morgan fingerprint density at radius 3 is 2.31 bits per heavy atom. The summed E-state index contributed by atoms with van der Waals surface area (Å²) in [6.45, 7) is 2.52. The van der Waals surface area contributed by atoms with E-state index in [9.17, 15) is 14.7 Å². The highest BCUT2D eigenvalue weighted by Gasteiger charge is 2.21. The molecule has 6 heteroatoms. The fraction of sp³-hybridized carbons (Fsp3) is 0.385.